The van der Waals surface area contributed by atoms with Gasteiger partial charge in [0.1, 0.15) is 0 Å². The summed E-state index contributed by atoms with van der Waals surface area (Å²) in [5.41, 5.74) is 2.66. The SMILES string of the molecule is O=C(NCCCOCCc1ccccc1)Nc1cccc(-c2nnco2)c1. The summed E-state index contributed by atoms with van der Waals surface area (Å²) in [5.74, 6) is 0.409. The summed E-state index contributed by atoms with van der Waals surface area (Å²) in [5, 5.41) is 13.1. The number of carbonyl (C=O) groups is 1. The second-order valence-corrected chi connectivity index (χ2v) is 5.91. The zero-order valence-electron chi connectivity index (χ0n) is 14.9. The summed E-state index contributed by atoms with van der Waals surface area (Å²) in [6.45, 7) is 1.83. The van der Waals surface area contributed by atoms with Crippen molar-refractivity contribution in [2.45, 2.75) is 12.8 Å². The van der Waals surface area contributed by atoms with Gasteiger partial charge in [-0.3, -0.25) is 0 Å². The van der Waals surface area contributed by atoms with E-state index in [0.717, 1.165) is 18.4 Å². The van der Waals surface area contributed by atoms with Crippen LogP contribution in [0.2, 0.25) is 0 Å². The maximum absolute atomic E-state index is 12.0. The Morgan fingerprint density at radius 1 is 1.07 bits per heavy atom. The maximum Gasteiger partial charge on any atom is 0.319 e. The van der Waals surface area contributed by atoms with Crippen LogP contribution in [0.4, 0.5) is 10.5 Å². The van der Waals surface area contributed by atoms with Crippen LogP contribution in [0.25, 0.3) is 11.5 Å². The highest BCUT2D eigenvalue weighted by atomic mass is 16.5. The third kappa shape index (κ3) is 6.23. The molecule has 3 rings (SSSR count). The Morgan fingerprint density at radius 3 is 2.78 bits per heavy atom. The van der Waals surface area contributed by atoms with Crippen molar-refractivity contribution < 1.29 is 13.9 Å². The highest BCUT2D eigenvalue weighted by Gasteiger charge is 2.06. The first kappa shape index (κ1) is 18.6. The maximum atomic E-state index is 12.0. The van der Waals surface area contributed by atoms with Crippen molar-refractivity contribution in [1.29, 1.82) is 0 Å². The predicted octanol–water partition coefficient (Wildman–Crippen LogP) is 3.51. The van der Waals surface area contributed by atoms with Crippen molar-refractivity contribution in [3.05, 3.63) is 66.6 Å². The number of anilines is 1. The van der Waals surface area contributed by atoms with Crippen molar-refractivity contribution in [3.63, 3.8) is 0 Å². The first-order chi connectivity index (χ1) is 13.3. The molecule has 0 atom stereocenters. The largest absolute Gasteiger partial charge is 0.423 e. The summed E-state index contributed by atoms with van der Waals surface area (Å²) >= 11 is 0. The number of aromatic nitrogens is 2. The molecule has 0 saturated heterocycles. The van der Waals surface area contributed by atoms with Gasteiger partial charge in [-0.2, -0.15) is 0 Å². The summed E-state index contributed by atoms with van der Waals surface area (Å²) in [6, 6.07) is 17.2. The molecule has 27 heavy (non-hydrogen) atoms. The molecule has 0 aliphatic carbocycles. The van der Waals surface area contributed by atoms with E-state index < -0.39 is 0 Å². The van der Waals surface area contributed by atoms with Crippen LogP contribution in [-0.4, -0.2) is 36.0 Å². The van der Waals surface area contributed by atoms with E-state index >= 15 is 0 Å². The minimum absolute atomic E-state index is 0.262. The van der Waals surface area contributed by atoms with E-state index in [4.69, 9.17) is 9.15 Å². The molecule has 0 fully saturated rings. The molecule has 0 aliphatic rings. The molecule has 1 aromatic heterocycles. The molecule has 0 unspecified atom stereocenters. The predicted molar refractivity (Wildman–Crippen MR) is 102 cm³/mol. The zero-order valence-corrected chi connectivity index (χ0v) is 14.9. The van der Waals surface area contributed by atoms with Crippen molar-refractivity contribution in [3.8, 4) is 11.5 Å². The van der Waals surface area contributed by atoms with Gasteiger partial charge >= 0.3 is 6.03 Å². The highest BCUT2D eigenvalue weighted by Crippen LogP contribution is 2.20. The molecule has 0 radical (unpaired) electrons. The number of nitrogens with one attached hydrogen (secondary N) is 2. The molecule has 3 aromatic rings. The standard InChI is InChI=1S/C20H22N4O3/c25-20(21-11-5-12-26-13-10-16-6-2-1-3-7-16)23-18-9-4-8-17(14-18)19-24-22-15-27-19/h1-4,6-9,14-15H,5,10-13H2,(H2,21,23,25). The molecule has 1 heterocycles. The van der Waals surface area contributed by atoms with Gasteiger partial charge in [-0.05, 0) is 36.6 Å². The molecule has 0 spiro atoms. The minimum atomic E-state index is -0.262. The first-order valence-corrected chi connectivity index (χ1v) is 8.84. The topological polar surface area (TPSA) is 89.3 Å². The van der Waals surface area contributed by atoms with Gasteiger partial charge in [0.2, 0.25) is 12.3 Å². The van der Waals surface area contributed by atoms with E-state index in [9.17, 15) is 4.79 Å². The molecule has 140 valence electrons. The van der Waals surface area contributed by atoms with Crippen LogP contribution in [0.15, 0.2) is 65.4 Å². The van der Waals surface area contributed by atoms with Crippen LogP contribution in [0.3, 0.4) is 0 Å². The van der Waals surface area contributed by atoms with E-state index in [2.05, 4.69) is 33.0 Å². The fourth-order valence-corrected chi connectivity index (χ4v) is 2.52. The smallest absolute Gasteiger partial charge is 0.319 e. The normalized spacial score (nSPS) is 10.5. The lowest BCUT2D eigenvalue weighted by atomic mass is 10.2. The molecule has 2 N–H and O–H groups in total. The van der Waals surface area contributed by atoms with Crippen molar-refractivity contribution in [2.24, 2.45) is 0 Å². The van der Waals surface area contributed by atoms with Gasteiger partial charge < -0.3 is 19.8 Å². The second kappa shape index (κ2) is 10.1. The van der Waals surface area contributed by atoms with Crippen LogP contribution in [0.5, 0.6) is 0 Å². The fourth-order valence-electron chi connectivity index (χ4n) is 2.52. The van der Waals surface area contributed by atoms with Gasteiger partial charge in [0, 0.05) is 24.4 Å². The third-order valence-electron chi connectivity index (χ3n) is 3.86. The van der Waals surface area contributed by atoms with Crippen molar-refractivity contribution in [1.82, 2.24) is 15.5 Å². The summed E-state index contributed by atoms with van der Waals surface area (Å²) in [6.07, 6.45) is 2.92. The summed E-state index contributed by atoms with van der Waals surface area (Å²) in [7, 11) is 0. The molecule has 0 saturated carbocycles. The first-order valence-electron chi connectivity index (χ1n) is 8.84. The number of ether oxygens (including phenoxy) is 1. The molecular weight excluding hydrogens is 344 g/mol. The van der Waals surface area contributed by atoms with E-state index in [1.165, 1.54) is 12.0 Å². The summed E-state index contributed by atoms with van der Waals surface area (Å²) in [4.78, 5) is 12.0. The van der Waals surface area contributed by atoms with Gasteiger partial charge in [-0.15, -0.1) is 10.2 Å². The molecule has 0 aliphatic heterocycles. The number of nitrogens with zero attached hydrogens (tertiary/aromatic N) is 2. The van der Waals surface area contributed by atoms with E-state index in [-0.39, 0.29) is 6.03 Å². The molecule has 7 nitrogen and oxygen atoms in total. The number of hydrogen-bond donors (Lipinski definition) is 2. The van der Waals surface area contributed by atoms with Crippen molar-refractivity contribution >= 4 is 11.7 Å². The Kier molecular flexibility index (Phi) is 6.94. The van der Waals surface area contributed by atoms with Gasteiger partial charge in [0.05, 0.1) is 6.61 Å². The Labute approximate surface area is 157 Å². The average Bonchev–Trinajstić information content (AvgIpc) is 3.23. The number of hydrogen-bond acceptors (Lipinski definition) is 5. The monoisotopic (exact) mass is 366 g/mol. The van der Waals surface area contributed by atoms with Crippen LogP contribution in [0.1, 0.15) is 12.0 Å². The quantitative estimate of drug-likeness (QED) is 0.566. The average molecular weight is 366 g/mol. The molecular formula is C20H22N4O3. The van der Waals surface area contributed by atoms with Gasteiger partial charge in [0.15, 0.2) is 0 Å². The Morgan fingerprint density at radius 2 is 1.96 bits per heavy atom. The van der Waals surface area contributed by atoms with Gasteiger partial charge in [0.25, 0.3) is 0 Å². The van der Waals surface area contributed by atoms with Crippen LogP contribution >= 0.6 is 0 Å². The lowest BCUT2D eigenvalue weighted by molar-refractivity contribution is 0.135. The van der Waals surface area contributed by atoms with Gasteiger partial charge in [-0.25, -0.2) is 4.79 Å². The molecule has 2 aromatic carbocycles. The van der Waals surface area contributed by atoms with E-state index in [1.807, 2.05) is 30.3 Å². The number of urea groups is 1. The van der Waals surface area contributed by atoms with E-state index in [0.29, 0.717) is 31.3 Å². The Hall–Kier alpha value is -3.19. The van der Waals surface area contributed by atoms with Gasteiger partial charge in [-0.1, -0.05) is 36.4 Å². The Balaban J connectivity index is 1.30. The number of amides is 2. The Bertz CT molecular complexity index is 822. The number of benzene rings is 2. The molecule has 0 bridgehead atoms. The molecule has 7 heteroatoms. The zero-order chi connectivity index (χ0) is 18.7. The lowest BCUT2D eigenvalue weighted by Gasteiger charge is -2.09. The van der Waals surface area contributed by atoms with Crippen molar-refractivity contribution in [2.75, 3.05) is 25.1 Å². The minimum Gasteiger partial charge on any atom is -0.423 e. The highest BCUT2D eigenvalue weighted by molar-refractivity contribution is 5.89. The fraction of sp³-hybridized carbons (Fsp3) is 0.250. The number of carbonyl (C=O) groups excluding carboxylic acids is 1. The number of rotatable bonds is 9. The van der Waals surface area contributed by atoms with Crippen LogP contribution < -0.4 is 10.6 Å². The van der Waals surface area contributed by atoms with Crippen LogP contribution in [0, 0.1) is 0 Å². The second-order valence-electron chi connectivity index (χ2n) is 5.91. The molecule has 2 amide bonds. The van der Waals surface area contributed by atoms with E-state index in [1.54, 1.807) is 12.1 Å². The summed E-state index contributed by atoms with van der Waals surface area (Å²) < 4.78 is 10.8. The third-order valence-corrected chi connectivity index (χ3v) is 3.86. The lowest BCUT2D eigenvalue weighted by Crippen LogP contribution is -2.30. The van der Waals surface area contributed by atoms with Crippen LogP contribution in [-0.2, 0) is 11.2 Å².